The van der Waals surface area contributed by atoms with Gasteiger partial charge in [0.1, 0.15) is 6.61 Å². The zero-order valence-electron chi connectivity index (χ0n) is 21.2. The summed E-state index contributed by atoms with van der Waals surface area (Å²) in [7, 11) is 0. The molecule has 0 aromatic heterocycles. The van der Waals surface area contributed by atoms with Gasteiger partial charge in [-0.3, -0.25) is 4.79 Å². The molecule has 0 saturated heterocycles. The lowest BCUT2D eigenvalue weighted by Crippen LogP contribution is -2.51. The highest BCUT2D eigenvalue weighted by molar-refractivity contribution is 5.77. The number of aliphatic hydroxyl groups is 1. The van der Waals surface area contributed by atoms with Crippen molar-refractivity contribution in [3.05, 3.63) is 71.8 Å². The summed E-state index contributed by atoms with van der Waals surface area (Å²) in [6, 6.07) is 18.5. The molecule has 0 aliphatic carbocycles. The standard InChI is InChI=1S/C28H40N2O4/c1-21(2)18-30(26(32)17-28(3,4)5)19-25(31)24(16-22-12-8-6-9-13-22)29-27(33)34-20-23-14-10-7-11-15-23/h6-15,21,24-25,31H,16-20H2,1-5H3,(H,29,33)/t24-,25+/m0/s1. The molecule has 0 bridgehead atoms. The second-order valence-corrected chi connectivity index (χ2v) is 10.5. The second kappa shape index (κ2) is 13.1. The van der Waals surface area contributed by atoms with Gasteiger partial charge in [0.25, 0.3) is 0 Å². The quantitative estimate of drug-likeness (QED) is 0.496. The lowest BCUT2D eigenvalue weighted by Gasteiger charge is -2.32. The van der Waals surface area contributed by atoms with Crippen LogP contribution in [-0.4, -0.2) is 47.2 Å². The molecular weight excluding hydrogens is 428 g/mol. The minimum atomic E-state index is -0.952. The number of carbonyl (C=O) groups excluding carboxylic acids is 2. The molecule has 2 aromatic carbocycles. The number of hydrogen-bond donors (Lipinski definition) is 2. The molecule has 2 rings (SSSR count). The summed E-state index contributed by atoms with van der Waals surface area (Å²) < 4.78 is 5.39. The van der Waals surface area contributed by atoms with Crippen molar-refractivity contribution >= 4 is 12.0 Å². The third-order valence-electron chi connectivity index (χ3n) is 5.31. The van der Waals surface area contributed by atoms with Crippen LogP contribution in [0.3, 0.4) is 0 Å². The number of hydrogen-bond acceptors (Lipinski definition) is 4. The SMILES string of the molecule is CC(C)CN(C[C@@H](O)[C@H](Cc1ccccc1)NC(=O)OCc1ccccc1)C(=O)CC(C)(C)C. The molecule has 0 unspecified atom stereocenters. The van der Waals surface area contributed by atoms with Gasteiger partial charge >= 0.3 is 6.09 Å². The van der Waals surface area contributed by atoms with Gasteiger partial charge in [-0.2, -0.15) is 0 Å². The van der Waals surface area contributed by atoms with E-state index in [1.807, 2.05) is 95.3 Å². The molecule has 6 heteroatoms. The molecular formula is C28H40N2O4. The van der Waals surface area contributed by atoms with Crippen LogP contribution < -0.4 is 5.32 Å². The first-order valence-corrected chi connectivity index (χ1v) is 12.0. The van der Waals surface area contributed by atoms with E-state index in [0.29, 0.717) is 19.4 Å². The number of amides is 2. The number of aliphatic hydroxyl groups excluding tert-OH is 1. The Morgan fingerprint density at radius 1 is 0.941 bits per heavy atom. The van der Waals surface area contributed by atoms with Crippen molar-refractivity contribution < 1.29 is 19.4 Å². The highest BCUT2D eigenvalue weighted by Crippen LogP contribution is 2.21. The van der Waals surface area contributed by atoms with Crippen LogP contribution in [0, 0.1) is 11.3 Å². The molecule has 2 aromatic rings. The Morgan fingerprint density at radius 3 is 2.03 bits per heavy atom. The van der Waals surface area contributed by atoms with E-state index in [9.17, 15) is 14.7 Å². The molecule has 0 spiro atoms. The van der Waals surface area contributed by atoms with Crippen molar-refractivity contribution in [1.29, 1.82) is 0 Å². The van der Waals surface area contributed by atoms with Crippen LogP contribution in [0.4, 0.5) is 4.79 Å². The Morgan fingerprint density at radius 2 is 1.50 bits per heavy atom. The Hall–Kier alpha value is -2.86. The summed E-state index contributed by atoms with van der Waals surface area (Å²) >= 11 is 0. The maximum Gasteiger partial charge on any atom is 0.407 e. The van der Waals surface area contributed by atoms with Crippen LogP contribution in [0.25, 0.3) is 0 Å². The molecule has 6 nitrogen and oxygen atoms in total. The number of nitrogens with one attached hydrogen (secondary N) is 1. The number of ether oxygens (including phenoxy) is 1. The highest BCUT2D eigenvalue weighted by Gasteiger charge is 2.28. The lowest BCUT2D eigenvalue weighted by molar-refractivity contribution is -0.135. The second-order valence-electron chi connectivity index (χ2n) is 10.5. The van der Waals surface area contributed by atoms with Crippen molar-refractivity contribution in [2.45, 2.75) is 66.2 Å². The fourth-order valence-electron chi connectivity index (χ4n) is 3.70. The van der Waals surface area contributed by atoms with Gasteiger partial charge in [-0.15, -0.1) is 0 Å². The Kier molecular flexibility index (Phi) is 10.6. The first-order valence-electron chi connectivity index (χ1n) is 12.0. The highest BCUT2D eigenvalue weighted by atomic mass is 16.5. The zero-order valence-corrected chi connectivity index (χ0v) is 21.2. The van der Waals surface area contributed by atoms with Crippen LogP contribution in [0.1, 0.15) is 52.2 Å². The first-order chi connectivity index (χ1) is 16.0. The molecule has 0 fully saturated rings. The third kappa shape index (κ3) is 10.4. The average Bonchev–Trinajstić information content (AvgIpc) is 2.76. The normalized spacial score (nSPS) is 13.3. The molecule has 0 saturated carbocycles. The van der Waals surface area contributed by atoms with Crippen LogP contribution >= 0.6 is 0 Å². The number of carbonyl (C=O) groups is 2. The van der Waals surface area contributed by atoms with Gasteiger partial charge < -0.3 is 20.1 Å². The van der Waals surface area contributed by atoms with Gasteiger partial charge in [-0.1, -0.05) is 95.3 Å². The average molecular weight is 469 g/mol. The molecule has 2 atom stereocenters. The Bertz CT molecular complexity index is 878. The van der Waals surface area contributed by atoms with Gasteiger partial charge in [0.15, 0.2) is 0 Å². The molecule has 0 heterocycles. The maximum absolute atomic E-state index is 13.0. The number of nitrogens with zero attached hydrogens (tertiary/aromatic N) is 1. The molecule has 2 amide bonds. The van der Waals surface area contributed by atoms with Gasteiger partial charge in [0.05, 0.1) is 12.1 Å². The van der Waals surface area contributed by atoms with E-state index < -0.39 is 18.2 Å². The van der Waals surface area contributed by atoms with Gasteiger partial charge in [0, 0.05) is 19.5 Å². The minimum Gasteiger partial charge on any atom is -0.445 e. The molecule has 0 aliphatic rings. The Balaban J connectivity index is 2.11. The number of benzene rings is 2. The van der Waals surface area contributed by atoms with E-state index in [2.05, 4.69) is 5.32 Å². The zero-order chi connectivity index (χ0) is 25.1. The summed E-state index contributed by atoms with van der Waals surface area (Å²) in [5.74, 6) is 0.262. The molecule has 0 radical (unpaired) electrons. The van der Waals surface area contributed by atoms with Gasteiger partial charge in [-0.05, 0) is 28.9 Å². The predicted molar refractivity (Wildman–Crippen MR) is 135 cm³/mol. The summed E-state index contributed by atoms with van der Waals surface area (Å²) in [6.45, 7) is 11.0. The van der Waals surface area contributed by atoms with E-state index in [0.717, 1.165) is 11.1 Å². The van der Waals surface area contributed by atoms with Crippen molar-refractivity contribution in [3.8, 4) is 0 Å². The van der Waals surface area contributed by atoms with Crippen molar-refractivity contribution in [1.82, 2.24) is 10.2 Å². The van der Waals surface area contributed by atoms with Crippen LogP contribution in [0.15, 0.2) is 60.7 Å². The third-order valence-corrected chi connectivity index (χ3v) is 5.31. The van der Waals surface area contributed by atoms with Gasteiger partial charge in [-0.25, -0.2) is 4.79 Å². The fourth-order valence-corrected chi connectivity index (χ4v) is 3.70. The minimum absolute atomic E-state index is 0.00497. The van der Waals surface area contributed by atoms with E-state index in [1.54, 1.807) is 4.90 Å². The molecule has 186 valence electrons. The molecule has 34 heavy (non-hydrogen) atoms. The Labute approximate surface area is 204 Å². The smallest absolute Gasteiger partial charge is 0.407 e. The van der Waals surface area contributed by atoms with E-state index >= 15 is 0 Å². The maximum atomic E-state index is 13.0. The summed E-state index contributed by atoms with van der Waals surface area (Å²) in [5, 5.41) is 14.0. The first kappa shape index (κ1) is 27.4. The lowest BCUT2D eigenvalue weighted by atomic mass is 9.91. The van der Waals surface area contributed by atoms with Gasteiger partial charge in [0.2, 0.25) is 5.91 Å². The van der Waals surface area contributed by atoms with Crippen LogP contribution in [0.5, 0.6) is 0 Å². The van der Waals surface area contributed by atoms with E-state index in [4.69, 9.17) is 4.74 Å². The van der Waals surface area contributed by atoms with Crippen LogP contribution in [0.2, 0.25) is 0 Å². The largest absolute Gasteiger partial charge is 0.445 e. The summed E-state index contributed by atoms with van der Waals surface area (Å²) in [6.07, 6.45) is -0.735. The predicted octanol–water partition coefficient (Wildman–Crippen LogP) is 4.81. The van der Waals surface area contributed by atoms with Crippen LogP contribution in [-0.2, 0) is 22.6 Å². The fraction of sp³-hybridized carbons (Fsp3) is 0.500. The summed E-state index contributed by atoms with van der Waals surface area (Å²) in [5.41, 5.74) is 1.71. The molecule has 0 aliphatic heterocycles. The van der Waals surface area contributed by atoms with Crippen molar-refractivity contribution in [3.63, 3.8) is 0 Å². The van der Waals surface area contributed by atoms with Crippen molar-refractivity contribution in [2.75, 3.05) is 13.1 Å². The van der Waals surface area contributed by atoms with E-state index in [1.165, 1.54) is 0 Å². The molecule has 2 N–H and O–H groups in total. The number of rotatable bonds is 11. The van der Waals surface area contributed by atoms with E-state index in [-0.39, 0.29) is 30.4 Å². The number of alkyl carbamates (subject to hydrolysis) is 1. The van der Waals surface area contributed by atoms with Crippen molar-refractivity contribution in [2.24, 2.45) is 11.3 Å². The topological polar surface area (TPSA) is 78.9 Å². The monoisotopic (exact) mass is 468 g/mol. The summed E-state index contributed by atoms with van der Waals surface area (Å²) in [4.78, 5) is 27.3.